The number of aromatic nitrogens is 1. The van der Waals surface area contributed by atoms with Crippen molar-refractivity contribution in [2.24, 2.45) is 0 Å². The number of ether oxygens (including phenoxy) is 1. The van der Waals surface area contributed by atoms with Crippen LogP contribution in [-0.4, -0.2) is 77.1 Å². The third-order valence-corrected chi connectivity index (χ3v) is 4.18. The minimum absolute atomic E-state index is 0.0766. The SMILES string of the molecule is CN1CCN(C(=O)CCN(Cc2ccccn2)C(=O)OC(C)(C)C)CC1. The molecule has 0 N–H and O–H groups in total. The van der Waals surface area contributed by atoms with E-state index in [0.717, 1.165) is 31.9 Å². The second-order valence-electron chi connectivity index (χ2n) is 7.66. The monoisotopic (exact) mass is 362 g/mol. The first-order chi connectivity index (χ1) is 12.2. The topological polar surface area (TPSA) is 66.0 Å². The van der Waals surface area contributed by atoms with E-state index in [1.54, 1.807) is 11.1 Å². The molecule has 1 aliphatic rings. The number of rotatable bonds is 5. The summed E-state index contributed by atoms with van der Waals surface area (Å²) in [4.78, 5) is 34.9. The van der Waals surface area contributed by atoms with Gasteiger partial charge in [-0.15, -0.1) is 0 Å². The van der Waals surface area contributed by atoms with Gasteiger partial charge in [0.1, 0.15) is 5.60 Å². The van der Waals surface area contributed by atoms with Gasteiger partial charge in [-0.2, -0.15) is 0 Å². The zero-order valence-corrected chi connectivity index (χ0v) is 16.3. The Morgan fingerprint density at radius 2 is 1.88 bits per heavy atom. The van der Waals surface area contributed by atoms with Gasteiger partial charge in [-0.1, -0.05) is 6.07 Å². The number of hydrogen-bond donors (Lipinski definition) is 0. The summed E-state index contributed by atoms with van der Waals surface area (Å²) in [6.45, 7) is 9.38. The highest BCUT2D eigenvalue weighted by Gasteiger charge is 2.25. The standard InChI is InChI=1S/C19H30N4O3/c1-19(2,3)26-18(25)23(15-16-7-5-6-9-20-16)10-8-17(24)22-13-11-21(4)12-14-22/h5-7,9H,8,10-15H2,1-4H3. The molecule has 0 spiro atoms. The molecule has 7 heteroatoms. The Morgan fingerprint density at radius 3 is 2.46 bits per heavy atom. The molecule has 7 nitrogen and oxygen atoms in total. The molecule has 2 rings (SSSR count). The fourth-order valence-corrected chi connectivity index (χ4v) is 2.69. The molecule has 26 heavy (non-hydrogen) atoms. The average Bonchev–Trinajstić information content (AvgIpc) is 2.58. The average molecular weight is 362 g/mol. The number of carbonyl (C=O) groups is 2. The van der Waals surface area contributed by atoms with Crippen molar-refractivity contribution in [3.8, 4) is 0 Å². The van der Waals surface area contributed by atoms with Crippen LogP contribution in [0.25, 0.3) is 0 Å². The number of carbonyl (C=O) groups excluding carboxylic acids is 2. The lowest BCUT2D eigenvalue weighted by molar-refractivity contribution is -0.133. The fraction of sp³-hybridized carbons (Fsp3) is 0.632. The molecule has 0 bridgehead atoms. The van der Waals surface area contributed by atoms with Gasteiger partial charge in [-0.3, -0.25) is 9.78 Å². The highest BCUT2D eigenvalue weighted by atomic mass is 16.6. The van der Waals surface area contributed by atoms with Crippen LogP contribution in [0, 0.1) is 0 Å². The molecule has 1 fully saturated rings. The highest BCUT2D eigenvalue weighted by molar-refractivity contribution is 5.77. The maximum absolute atomic E-state index is 12.5. The normalized spacial score (nSPS) is 15.6. The number of piperazine rings is 1. The molecular weight excluding hydrogens is 332 g/mol. The first-order valence-corrected chi connectivity index (χ1v) is 9.09. The van der Waals surface area contributed by atoms with Crippen LogP contribution >= 0.6 is 0 Å². The van der Waals surface area contributed by atoms with Crippen LogP contribution < -0.4 is 0 Å². The van der Waals surface area contributed by atoms with E-state index in [9.17, 15) is 9.59 Å². The number of pyridine rings is 1. The number of likely N-dealkylation sites (N-methyl/N-ethyl adjacent to an activating group) is 1. The molecule has 2 amide bonds. The molecule has 0 aromatic carbocycles. The van der Waals surface area contributed by atoms with E-state index < -0.39 is 11.7 Å². The van der Waals surface area contributed by atoms with Crippen LogP contribution in [0.3, 0.4) is 0 Å². The third kappa shape index (κ3) is 6.63. The lowest BCUT2D eigenvalue weighted by Crippen LogP contribution is -2.48. The molecule has 1 saturated heterocycles. The lowest BCUT2D eigenvalue weighted by atomic mass is 10.2. The second kappa shape index (κ2) is 8.98. The Balaban J connectivity index is 1.96. The molecule has 0 radical (unpaired) electrons. The molecule has 0 aliphatic carbocycles. The molecule has 0 saturated carbocycles. The van der Waals surface area contributed by atoms with Crippen LogP contribution in [0.1, 0.15) is 32.9 Å². The molecule has 2 heterocycles. The molecule has 0 atom stereocenters. The molecule has 144 valence electrons. The van der Waals surface area contributed by atoms with Gasteiger partial charge in [0.25, 0.3) is 0 Å². The first-order valence-electron chi connectivity index (χ1n) is 9.09. The summed E-state index contributed by atoms with van der Waals surface area (Å²) in [5.74, 6) is 0.0766. The number of hydrogen-bond acceptors (Lipinski definition) is 5. The van der Waals surface area contributed by atoms with E-state index >= 15 is 0 Å². The van der Waals surface area contributed by atoms with Crippen LogP contribution in [0.4, 0.5) is 4.79 Å². The van der Waals surface area contributed by atoms with Gasteiger partial charge < -0.3 is 19.4 Å². The third-order valence-electron chi connectivity index (χ3n) is 4.18. The summed E-state index contributed by atoms with van der Waals surface area (Å²) in [6.07, 6.45) is 1.56. The van der Waals surface area contributed by atoms with E-state index in [0.29, 0.717) is 13.1 Å². The van der Waals surface area contributed by atoms with Crippen molar-refractivity contribution in [2.45, 2.75) is 39.3 Å². The minimum atomic E-state index is -0.582. The van der Waals surface area contributed by atoms with Crippen LogP contribution in [0.15, 0.2) is 24.4 Å². The van der Waals surface area contributed by atoms with Crippen LogP contribution in [-0.2, 0) is 16.1 Å². The maximum atomic E-state index is 12.5. The van der Waals surface area contributed by atoms with Gasteiger partial charge in [-0.05, 0) is 40.0 Å². The Bertz CT molecular complexity index is 593. The van der Waals surface area contributed by atoms with Crippen molar-refractivity contribution in [3.63, 3.8) is 0 Å². The Hall–Kier alpha value is -2.15. The Morgan fingerprint density at radius 1 is 1.19 bits per heavy atom. The predicted octanol–water partition coefficient (Wildman–Crippen LogP) is 1.98. The summed E-state index contributed by atoms with van der Waals surface area (Å²) >= 11 is 0. The second-order valence-corrected chi connectivity index (χ2v) is 7.66. The molecule has 1 aliphatic heterocycles. The molecule has 1 aromatic rings. The summed E-state index contributed by atoms with van der Waals surface area (Å²) in [5, 5.41) is 0. The van der Waals surface area contributed by atoms with Gasteiger partial charge >= 0.3 is 6.09 Å². The van der Waals surface area contributed by atoms with E-state index in [4.69, 9.17) is 4.74 Å². The van der Waals surface area contributed by atoms with Crippen molar-refractivity contribution in [2.75, 3.05) is 39.8 Å². The summed E-state index contributed by atoms with van der Waals surface area (Å²) in [6, 6.07) is 5.57. The van der Waals surface area contributed by atoms with Crippen molar-refractivity contribution in [3.05, 3.63) is 30.1 Å². The summed E-state index contributed by atoms with van der Waals surface area (Å²) in [7, 11) is 2.05. The van der Waals surface area contributed by atoms with Gasteiger partial charge in [-0.25, -0.2) is 4.79 Å². The summed E-state index contributed by atoms with van der Waals surface area (Å²) < 4.78 is 5.49. The Kier molecular flexibility index (Phi) is 6.97. The lowest BCUT2D eigenvalue weighted by Gasteiger charge is -2.33. The first kappa shape index (κ1) is 20.2. The number of amides is 2. The van der Waals surface area contributed by atoms with Crippen molar-refractivity contribution >= 4 is 12.0 Å². The highest BCUT2D eigenvalue weighted by Crippen LogP contribution is 2.13. The smallest absolute Gasteiger partial charge is 0.410 e. The van der Waals surface area contributed by atoms with E-state index in [1.807, 2.05) is 43.9 Å². The van der Waals surface area contributed by atoms with Crippen molar-refractivity contribution < 1.29 is 14.3 Å². The zero-order valence-electron chi connectivity index (χ0n) is 16.3. The molecule has 1 aromatic heterocycles. The largest absolute Gasteiger partial charge is 0.444 e. The quantitative estimate of drug-likeness (QED) is 0.801. The Labute approximate surface area is 155 Å². The van der Waals surface area contributed by atoms with E-state index in [-0.39, 0.29) is 12.3 Å². The summed E-state index contributed by atoms with van der Waals surface area (Å²) in [5.41, 5.74) is 0.186. The predicted molar refractivity (Wildman–Crippen MR) is 99.6 cm³/mol. The maximum Gasteiger partial charge on any atom is 0.410 e. The molecule has 0 unspecified atom stereocenters. The van der Waals surface area contributed by atoms with Gasteiger partial charge in [0.05, 0.1) is 12.2 Å². The van der Waals surface area contributed by atoms with Crippen molar-refractivity contribution in [1.29, 1.82) is 0 Å². The van der Waals surface area contributed by atoms with Gasteiger partial charge in [0.2, 0.25) is 5.91 Å². The zero-order chi connectivity index (χ0) is 19.2. The molecular formula is C19H30N4O3. The van der Waals surface area contributed by atoms with Gasteiger partial charge in [0, 0.05) is 45.3 Å². The van der Waals surface area contributed by atoms with Crippen LogP contribution in [0.5, 0.6) is 0 Å². The van der Waals surface area contributed by atoms with E-state index in [1.165, 1.54) is 0 Å². The number of nitrogens with zero attached hydrogens (tertiary/aromatic N) is 4. The minimum Gasteiger partial charge on any atom is -0.444 e. The fourth-order valence-electron chi connectivity index (χ4n) is 2.69. The van der Waals surface area contributed by atoms with Gasteiger partial charge in [0.15, 0.2) is 0 Å². The van der Waals surface area contributed by atoms with E-state index in [2.05, 4.69) is 16.9 Å². The van der Waals surface area contributed by atoms with Crippen LogP contribution in [0.2, 0.25) is 0 Å². The van der Waals surface area contributed by atoms with Crippen molar-refractivity contribution in [1.82, 2.24) is 19.7 Å².